The third-order valence-electron chi connectivity index (χ3n) is 4.70. The molecule has 0 fully saturated rings. The van der Waals surface area contributed by atoms with Crippen molar-refractivity contribution in [3.63, 3.8) is 0 Å². The fourth-order valence-electron chi connectivity index (χ4n) is 3.35. The van der Waals surface area contributed by atoms with Crippen LogP contribution in [0.1, 0.15) is 27.6 Å². The number of carbonyl (C=O) groups is 2. The van der Waals surface area contributed by atoms with Crippen LogP contribution >= 0.6 is 23.2 Å². The molecule has 0 saturated heterocycles. The van der Waals surface area contributed by atoms with Crippen molar-refractivity contribution in [1.82, 2.24) is 4.90 Å². The molecule has 6 nitrogen and oxygen atoms in total. The van der Waals surface area contributed by atoms with Crippen LogP contribution < -0.4 is 4.72 Å². The molecule has 3 aromatic rings. The number of carbonyl (C=O) groups excluding carboxylic acids is 2. The Morgan fingerprint density at radius 3 is 2.41 bits per heavy atom. The predicted octanol–water partition coefficient (Wildman–Crippen LogP) is 4.56. The zero-order valence-electron chi connectivity index (χ0n) is 15.1. The van der Waals surface area contributed by atoms with E-state index in [0.717, 1.165) is 4.90 Å². The van der Waals surface area contributed by atoms with Crippen molar-refractivity contribution in [3.05, 3.63) is 69.7 Å². The van der Waals surface area contributed by atoms with E-state index in [1.807, 2.05) is 0 Å². The molecule has 4 rings (SSSR count). The number of nitrogens with zero attached hydrogens (tertiary/aromatic N) is 1. The third-order valence-corrected chi connectivity index (χ3v) is 6.61. The largest absolute Gasteiger partial charge is 0.278 e. The highest BCUT2D eigenvalue weighted by atomic mass is 35.5. The van der Waals surface area contributed by atoms with Gasteiger partial charge in [0.1, 0.15) is 0 Å². The molecular formula is C20H14Cl2N2O4S. The molecule has 29 heavy (non-hydrogen) atoms. The number of hydrogen-bond donors (Lipinski definition) is 1. The number of nitrogens with one attached hydrogen (secondary N) is 1. The molecule has 0 saturated carbocycles. The van der Waals surface area contributed by atoms with Crippen molar-refractivity contribution in [1.29, 1.82) is 0 Å². The molecule has 0 unspecified atom stereocenters. The normalized spacial score (nSPS) is 13.8. The first-order valence-electron chi connectivity index (χ1n) is 8.64. The molecule has 1 heterocycles. The maximum Gasteiger partial charge on any atom is 0.261 e. The summed E-state index contributed by atoms with van der Waals surface area (Å²) >= 11 is 12.0. The summed E-state index contributed by atoms with van der Waals surface area (Å²) in [7, 11) is -4.08. The van der Waals surface area contributed by atoms with Crippen LogP contribution in [0.3, 0.4) is 0 Å². The molecule has 0 aliphatic carbocycles. The van der Waals surface area contributed by atoms with Crippen LogP contribution in [-0.4, -0.2) is 31.7 Å². The molecule has 1 aliphatic rings. The van der Waals surface area contributed by atoms with Crippen molar-refractivity contribution in [3.8, 4) is 0 Å². The van der Waals surface area contributed by atoms with Crippen molar-refractivity contribution in [2.75, 3.05) is 11.3 Å². The minimum Gasteiger partial charge on any atom is -0.278 e. The van der Waals surface area contributed by atoms with Gasteiger partial charge in [-0.25, -0.2) is 8.42 Å². The zero-order valence-corrected chi connectivity index (χ0v) is 17.4. The van der Waals surface area contributed by atoms with E-state index < -0.39 is 21.8 Å². The number of sulfonamides is 1. The topological polar surface area (TPSA) is 83.6 Å². The first-order valence-corrected chi connectivity index (χ1v) is 10.9. The molecule has 9 heteroatoms. The van der Waals surface area contributed by atoms with Crippen LogP contribution in [0.4, 0.5) is 5.69 Å². The number of rotatable bonds is 4. The summed E-state index contributed by atoms with van der Waals surface area (Å²) in [6, 6.07) is 12.1. The molecular weight excluding hydrogens is 435 g/mol. The first kappa shape index (κ1) is 19.7. The lowest BCUT2D eigenvalue weighted by molar-refractivity contribution is 0.0619. The Labute approximate surface area is 177 Å². The Balaban J connectivity index is 1.90. The van der Waals surface area contributed by atoms with Gasteiger partial charge in [0.05, 0.1) is 15.6 Å². The van der Waals surface area contributed by atoms with Gasteiger partial charge in [0.15, 0.2) is 0 Å². The summed E-state index contributed by atoms with van der Waals surface area (Å²) in [5, 5.41) is 1.43. The second kappa shape index (κ2) is 7.02. The zero-order chi connectivity index (χ0) is 20.9. The van der Waals surface area contributed by atoms with Crippen LogP contribution in [-0.2, 0) is 10.0 Å². The molecule has 0 aromatic heterocycles. The minimum absolute atomic E-state index is 0.119. The van der Waals surface area contributed by atoms with Gasteiger partial charge in [-0.1, -0.05) is 35.3 Å². The van der Waals surface area contributed by atoms with Crippen molar-refractivity contribution in [2.24, 2.45) is 0 Å². The van der Waals surface area contributed by atoms with E-state index in [1.54, 1.807) is 31.2 Å². The fraction of sp³-hybridized carbons (Fsp3) is 0.100. The minimum atomic E-state index is -4.08. The second-order valence-electron chi connectivity index (χ2n) is 6.46. The maximum absolute atomic E-state index is 13.0. The van der Waals surface area contributed by atoms with Crippen LogP contribution in [0.5, 0.6) is 0 Å². The quantitative estimate of drug-likeness (QED) is 0.592. The highest BCUT2D eigenvalue weighted by molar-refractivity contribution is 7.92. The van der Waals surface area contributed by atoms with E-state index in [4.69, 9.17) is 23.2 Å². The first-order chi connectivity index (χ1) is 13.7. The number of halogens is 2. The third kappa shape index (κ3) is 3.25. The average molecular weight is 449 g/mol. The van der Waals surface area contributed by atoms with Gasteiger partial charge in [0.25, 0.3) is 21.8 Å². The van der Waals surface area contributed by atoms with Crippen LogP contribution in [0.25, 0.3) is 10.8 Å². The van der Waals surface area contributed by atoms with Gasteiger partial charge >= 0.3 is 0 Å². The Kier molecular flexibility index (Phi) is 4.77. The Morgan fingerprint density at radius 2 is 1.69 bits per heavy atom. The molecule has 0 spiro atoms. The van der Waals surface area contributed by atoms with E-state index in [2.05, 4.69) is 4.72 Å². The number of anilines is 1. The number of benzene rings is 3. The molecule has 0 bridgehead atoms. The highest BCUT2D eigenvalue weighted by Crippen LogP contribution is 2.34. The molecule has 0 atom stereocenters. The Bertz CT molecular complexity index is 1310. The van der Waals surface area contributed by atoms with E-state index in [0.29, 0.717) is 21.4 Å². The highest BCUT2D eigenvalue weighted by Gasteiger charge is 2.33. The SMILES string of the molecule is CCN1C(=O)c2cccc3cc(S(=O)(=O)Nc4cc(Cl)ccc4Cl)cc(c23)C1=O. The Hall–Kier alpha value is -2.61. The molecule has 3 aromatic carbocycles. The van der Waals surface area contributed by atoms with Gasteiger partial charge in [-0.05, 0) is 48.7 Å². The average Bonchev–Trinajstić information content (AvgIpc) is 2.68. The van der Waals surface area contributed by atoms with Crippen LogP contribution in [0, 0.1) is 0 Å². The van der Waals surface area contributed by atoms with Crippen molar-refractivity contribution in [2.45, 2.75) is 11.8 Å². The lowest BCUT2D eigenvalue weighted by atomic mass is 9.94. The predicted molar refractivity (Wildman–Crippen MR) is 112 cm³/mol. The molecule has 1 aliphatic heterocycles. The van der Waals surface area contributed by atoms with E-state index in [9.17, 15) is 18.0 Å². The van der Waals surface area contributed by atoms with Gasteiger partial charge in [-0.3, -0.25) is 19.2 Å². The van der Waals surface area contributed by atoms with Gasteiger partial charge in [0.2, 0.25) is 0 Å². The maximum atomic E-state index is 13.0. The lowest BCUT2D eigenvalue weighted by Crippen LogP contribution is -2.40. The standard InChI is InChI=1S/C20H14Cl2N2O4S/c1-2-24-19(25)14-5-3-4-11-8-13(10-15(18(11)14)20(24)26)29(27,28)23-17-9-12(21)6-7-16(17)22/h3-10,23H,2H2,1H3. The van der Waals surface area contributed by atoms with Crippen molar-refractivity contribution < 1.29 is 18.0 Å². The molecule has 0 radical (unpaired) electrons. The van der Waals surface area contributed by atoms with Gasteiger partial charge in [0, 0.05) is 28.1 Å². The van der Waals surface area contributed by atoms with Crippen LogP contribution in [0.15, 0.2) is 53.4 Å². The summed E-state index contributed by atoms with van der Waals surface area (Å²) in [5.74, 6) is -0.922. The summed E-state index contributed by atoms with van der Waals surface area (Å²) in [6.45, 7) is 1.87. The van der Waals surface area contributed by atoms with E-state index in [-0.39, 0.29) is 27.7 Å². The fourth-order valence-corrected chi connectivity index (χ4v) is 4.88. The summed E-state index contributed by atoms with van der Waals surface area (Å²) in [4.78, 5) is 26.4. The van der Waals surface area contributed by atoms with Gasteiger partial charge < -0.3 is 0 Å². The molecule has 2 amide bonds. The van der Waals surface area contributed by atoms with Gasteiger partial charge in [-0.2, -0.15) is 0 Å². The lowest BCUT2D eigenvalue weighted by Gasteiger charge is -2.26. The summed E-state index contributed by atoms with van der Waals surface area (Å²) < 4.78 is 28.4. The van der Waals surface area contributed by atoms with Crippen molar-refractivity contribution >= 4 is 61.5 Å². The summed E-state index contributed by atoms with van der Waals surface area (Å²) in [5.41, 5.74) is 0.657. The number of amides is 2. The number of hydrogen-bond acceptors (Lipinski definition) is 4. The molecule has 148 valence electrons. The smallest absolute Gasteiger partial charge is 0.261 e. The van der Waals surface area contributed by atoms with E-state index >= 15 is 0 Å². The van der Waals surface area contributed by atoms with Gasteiger partial charge in [-0.15, -0.1) is 0 Å². The van der Waals surface area contributed by atoms with E-state index in [1.165, 1.54) is 24.3 Å². The second-order valence-corrected chi connectivity index (χ2v) is 8.98. The number of imide groups is 1. The summed E-state index contributed by atoms with van der Waals surface area (Å²) in [6.07, 6.45) is 0. The monoisotopic (exact) mass is 448 g/mol. The Morgan fingerprint density at radius 1 is 0.966 bits per heavy atom. The molecule has 1 N–H and O–H groups in total. The van der Waals surface area contributed by atoms with Crippen LogP contribution in [0.2, 0.25) is 10.0 Å².